The first-order valence-corrected chi connectivity index (χ1v) is 9.32. The number of carbonyl (C=O) groups excluding carboxylic acids is 3. The van der Waals surface area contributed by atoms with E-state index >= 15 is 0 Å². The molecular formula is C22H21NO6. The lowest BCUT2D eigenvalue weighted by Gasteiger charge is -2.50. The van der Waals surface area contributed by atoms with Crippen molar-refractivity contribution in [2.75, 3.05) is 20.2 Å². The predicted molar refractivity (Wildman–Crippen MR) is 103 cm³/mol. The Morgan fingerprint density at radius 2 is 1.86 bits per heavy atom. The first-order chi connectivity index (χ1) is 13.9. The number of hydrogen-bond acceptors (Lipinski definition) is 6. The van der Waals surface area contributed by atoms with Crippen molar-refractivity contribution in [3.63, 3.8) is 0 Å². The molecule has 29 heavy (non-hydrogen) atoms. The van der Waals surface area contributed by atoms with E-state index in [2.05, 4.69) is 0 Å². The van der Waals surface area contributed by atoms with Crippen LogP contribution in [-0.4, -0.2) is 48.5 Å². The van der Waals surface area contributed by atoms with Crippen LogP contribution in [0.5, 0.6) is 5.75 Å². The van der Waals surface area contributed by atoms with Crippen molar-refractivity contribution in [2.24, 2.45) is 0 Å². The van der Waals surface area contributed by atoms with E-state index in [0.717, 1.165) is 5.56 Å². The zero-order valence-electron chi connectivity index (χ0n) is 16.3. The van der Waals surface area contributed by atoms with Crippen molar-refractivity contribution < 1.29 is 28.6 Å². The number of benzene rings is 2. The Balaban J connectivity index is 1.45. The monoisotopic (exact) mass is 395 g/mol. The van der Waals surface area contributed by atoms with Crippen molar-refractivity contribution in [3.05, 3.63) is 64.7 Å². The summed E-state index contributed by atoms with van der Waals surface area (Å²) in [5, 5.41) is 0. The number of rotatable bonds is 3. The summed E-state index contributed by atoms with van der Waals surface area (Å²) in [4.78, 5) is 38.4. The number of amides is 1. The Hall–Kier alpha value is -3.35. The summed E-state index contributed by atoms with van der Waals surface area (Å²) in [5.41, 5.74) is 1.49. The van der Waals surface area contributed by atoms with Crippen LogP contribution in [0.2, 0.25) is 0 Å². The second-order valence-corrected chi connectivity index (χ2v) is 7.39. The molecule has 1 saturated heterocycles. The molecule has 0 N–H and O–H groups in total. The number of hydrogen-bond donors (Lipinski definition) is 0. The molecule has 1 amide bonds. The normalized spacial score (nSPS) is 16.5. The second kappa shape index (κ2) is 7.24. The van der Waals surface area contributed by atoms with Crippen molar-refractivity contribution in [1.82, 2.24) is 4.90 Å². The lowest BCUT2D eigenvalue weighted by atomic mass is 9.83. The molecule has 0 aromatic heterocycles. The number of fused-ring (bicyclic) bond motifs is 1. The molecule has 0 bridgehead atoms. The van der Waals surface area contributed by atoms with E-state index in [4.69, 9.17) is 14.2 Å². The van der Waals surface area contributed by atoms with E-state index in [0.29, 0.717) is 22.4 Å². The van der Waals surface area contributed by atoms with Gasteiger partial charge in [-0.05, 0) is 24.6 Å². The highest BCUT2D eigenvalue weighted by atomic mass is 16.6. The van der Waals surface area contributed by atoms with Gasteiger partial charge in [-0.1, -0.05) is 30.3 Å². The fourth-order valence-corrected chi connectivity index (χ4v) is 3.78. The molecule has 7 nitrogen and oxygen atoms in total. The van der Waals surface area contributed by atoms with Gasteiger partial charge in [0.25, 0.3) is 0 Å². The van der Waals surface area contributed by atoms with Gasteiger partial charge in [0, 0.05) is 5.56 Å². The Kier molecular flexibility index (Phi) is 4.74. The quantitative estimate of drug-likeness (QED) is 0.743. The number of nitrogens with zero attached hydrogens (tertiary/aromatic N) is 1. The topological polar surface area (TPSA) is 82.1 Å². The average molecular weight is 395 g/mol. The van der Waals surface area contributed by atoms with Gasteiger partial charge in [0.2, 0.25) is 0 Å². The van der Waals surface area contributed by atoms with E-state index in [-0.39, 0.29) is 31.9 Å². The fraction of sp³-hybridized carbons (Fsp3) is 0.318. The van der Waals surface area contributed by atoms with E-state index in [1.165, 1.54) is 12.0 Å². The first kappa shape index (κ1) is 19.0. The number of esters is 1. The van der Waals surface area contributed by atoms with Crippen LogP contribution in [0.25, 0.3) is 0 Å². The molecule has 0 unspecified atom stereocenters. The minimum absolute atomic E-state index is 0.0666. The van der Waals surface area contributed by atoms with E-state index < -0.39 is 17.7 Å². The highest BCUT2D eigenvalue weighted by Crippen LogP contribution is 2.41. The Bertz CT molecular complexity index is 978. The molecule has 150 valence electrons. The maximum Gasteiger partial charge on any atom is 0.410 e. The van der Waals surface area contributed by atoms with Gasteiger partial charge in [-0.2, -0.15) is 0 Å². The molecule has 2 aromatic carbocycles. The molecule has 0 radical (unpaired) electrons. The number of ketones is 1. The van der Waals surface area contributed by atoms with Crippen molar-refractivity contribution in [2.45, 2.75) is 25.6 Å². The number of ether oxygens (including phenoxy) is 3. The third kappa shape index (κ3) is 3.44. The number of methoxy groups -OCH3 is 1. The van der Waals surface area contributed by atoms with E-state index in [1.54, 1.807) is 19.1 Å². The molecule has 1 fully saturated rings. The molecule has 2 heterocycles. The van der Waals surface area contributed by atoms with Gasteiger partial charge >= 0.3 is 12.1 Å². The van der Waals surface area contributed by atoms with Crippen LogP contribution in [0, 0.1) is 6.92 Å². The summed E-state index contributed by atoms with van der Waals surface area (Å²) < 4.78 is 16.3. The first-order valence-electron chi connectivity index (χ1n) is 9.32. The van der Waals surface area contributed by atoms with Gasteiger partial charge in [0.1, 0.15) is 12.4 Å². The lowest BCUT2D eigenvalue weighted by Crippen LogP contribution is -2.68. The summed E-state index contributed by atoms with van der Waals surface area (Å²) in [6.07, 6.45) is -0.263. The van der Waals surface area contributed by atoms with Gasteiger partial charge in [-0.3, -0.25) is 4.79 Å². The highest BCUT2D eigenvalue weighted by Gasteiger charge is 2.52. The molecule has 0 aliphatic carbocycles. The Labute approximate surface area is 168 Å². The zero-order chi connectivity index (χ0) is 20.6. The summed E-state index contributed by atoms with van der Waals surface area (Å²) in [6.45, 7) is 2.43. The minimum Gasteiger partial charge on any atom is -0.482 e. The molecule has 1 spiro atoms. The van der Waals surface area contributed by atoms with E-state index in [1.807, 2.05) is 30.3 Å². The number of Topliss-reactive ketones (excluding diaryl/α,β-unsaturated/α-hetero) is 1. The SMILES string of the molecule is COC(=O)c1ccc2c(c1C)OC1(CC2=O)CN(C(=O)OCc2ccccc2)C1. The third-order valence-electron chi connectivity index (χ3n) is 5.33. The molecule has 0 atom stereocenters. The second-order valence-electron chi connectivity index (χ2n) is 7.39. The van der Waals surface area contributed by atoms with Crippen molar-refractivity contribution >= 4 is 17.8 Å². The zero-order valence-corrected chi connectivity index (χ0v) is 16.3. The molecule has 2 aromatic rings. The molecular weight excluding hydrogens is 374 g/mol. The maximum absolute atomic E-state index is 12.7. The van der Waals surface area contributed by atoms with Crippen LogP contribution >= 0.6 is 0 Å². The van der Waals surface area contributed by atoms with Crippen molar-refractivity contribution in [3.8, 4) is 5.75 Å². The van der Waals surface area contributed by atoms with Gasteiger partial charge in [0.15, 0.2) is 11.4 Å². The third-order valence-corrected chi connectivity index (χ3v) is 5.33. The van der Waals surface area contributed by atoms with Crippen LogP contribution in [-0.2, 0) is 16.1 Å². The predicted octanol–water partition coefficient (Wildman–Crippen LogP) is 3.14. The van der Waals surface area contributed by atoms with Crippen LogP contribution < -0.4 is 4.74 Å². The number of carbonyl (C=O) groups is 3. The summed E-state index contributed by atoms with van der Waals surface area (Å²) in [7, 11) is 1.31. The summed E-state index contributed by atoms with van der Waals surface area (Å²) in [6, 6.07) is 12.6. The smallest absolute Gasteiger partial charge is 0.410 e. The summed E-state index contributed by atoms with van der Waals surface area (Å²) in [5.74, 6) is -0.162. The van der Waals surface area contributed by atoms with Gasteiger partial charge in [-0.25, -0.2) is 9.59 Å². The average Bonchev–Trinajstić information content (AvgIpc) is 2.71. The maximum atomic E-state index is 12.7. The highest BCUT2D eigenvalue weighted by molar-refractivity contribution is 6.03. The molecule has 4 rings (SSSR count). The van der Waals surface area contributed by atoms with Gasteiger partial charge in [-0.15, -0.1) is 0 Å². The van der Waals surface area contributed by atoms with Crippen LogP contribution in [0.4, 0.5) is 4.79 Å². The number of likely N-dealkylation sites (tertiary alicyclic amines) is 1. The van der Waals surface area contributed by atoms with Crippen LogP contribution in [0.15, 0.2) is 42.5 Å². The van der Waals surface area contributed by atoms with Crippen LogP contribution in [0.1, 0.15) is 38.3 Å². The molecule has 2 aliphatic heterocycles. The summed E-state index contributed by atoms with van der Waals surface area (Å²) >= 11 is 0. The standard InChI is InChI=1S/C22H21NO6/c1-14-16(20(25)27-2)8-9-17-18(24)10-22(29-19(14)17)12-23(13-22)21(26)28-11-15-6-4-3-5-7-15/h3-9H,10-13H2,1-2H3. The van der Waals surface area contributed by atoms with E-state index in [9.17, 15) is 14.4 Å². The minimum atomic E-state index is -0.782. The van der Waals surface area contributed by atoms with Crippen LogP contribution in [0.3, 0.4) is 0 Å². The molecule has 0 saturated carbocycles. The molecule has 7 heteroatoms. The van der Waals surface area contributed by atoms with Gasteiger partial charge in [0.05, 0.1) is 37.7 Å². The van der Waals surface area contributed by atoms with Crippen molar-refractivity contribution in [1.29, 1.82) is 0 Å². The molecule has 2 aliphatic rings. The Morgan fingerprint density at radius 1 is 1.14 bits per heavy atom. The lowest BCUT2D eigenvalue weighted by molar-refractivity contribution is -0.0747. The largest absolute Gasteiger partial charge is 0.482 e. The fourth-order valence-electron chi connectivity index (χ4n) is 3.78. The Morgan fingerprint density at radius 3 is 2.55 bits per heavy atom. The van der Waals surface area contributed by atoms with Gasteiger partial charge < -0.3 is 19.1 Å².